The highest BCUT2D eigenvalue weighted by Crippen LogP contribution is 2.29. The largest absolute Gasteiger partial charge is 0.273 e. The van der Waals surface area contributed by atoms with Crippen LogP contribution in [0.5, 0.6) is 0 Å². The van der Waals surface area contributed by atoms with E-state index in [-0.39, 0.29) is 17.0 Å². The summed E-state index contributed by atoms with van der Waals surface area (Å²) in [6.45, 7) is 0.0941. The van der Waals surface area contributed by atoms with Crippen molar-refractivity contribution in [1.29, 1.82) is 0 Å². The first-order valence-corrected chi connectivity index (χ1v) is 12.1. The van der Waals surface area contributed by atoms with E-state index in [0.29, 0.717) is 5.69 Å². The number of anilines is 1. The molecular weight excluding hydrogens is 422 g/mol. The molecule has 1 fully saturated rings. The third-order valence-corrected chi connectivity index (χ3v) is 7.19. The van der Waals surface area contributed by atoms with E-state index in [0.717, 1.165) is 37.0 Å². The molecule has 6 nitrogen and oxygen atoms in total. The molecule has 0 atom stereocenters. The minimum Gasteiger partial charge on any atom is -0.267 e. The minimum atomic E-state index is -3.92. The Labute approximate surface area is 188 Å². The Morgan fingerprint density at radius 1 is 0.844 bits per heavy atom. The van der Waals surface area contributed by atoms with Crippen LogP contribution in [0.25, 0.3) is 0 Å². The molecule has 0 bridgehead atoms. The van der Waals surface area contributed by atoms with Gasteiger partial charge in [-0.2, -0.15) is 5.10 Å². The number of nitrogens with one attached hydrogen (secondary N) is 1. The Hall–Kier alpha value is -3.45. The van der Waals surface area contributed by atoms with E-state index < -0.39 is 15.9 Å². The highest BCUT2D eigenvalue weighted by molar-refractivity contribution is 7.92. The van der Waals surface area contributed by atoms with E-state index >= 15 is 0 Å². The molecule has 1 saturated carbocycles. The first-order valence-electron chi connectivity index (χ1n) is 10.6. The second kappa shape index (κ2) is 9.78. The van der Waals surface area contributed by atoms with Gasteiger partial charge in [-0.05, 0) is 55.5 Å². The molecular formula is C25H25N3O3S. The summed E-state index contributed by atoms with van der Waals surface area (Å²) in [4.78, 5) is 13.2. The first-order chi connectivity index (χ1) is 15.6. The van der Waals surface area contributed by atoms with Crippen molar-refractivity contribution in [3.05, 3.63) is 96.1 Å². The van der Waals surface area contributed by atoms with Crippen LogP contribution in [0, 0.1) is 0 Å². The highest BCUT2D eigenvalue weighted by Gasteiger charge is 2.28. The molecule has 1 N–H and O–H groups in total. The van der Waals surface area contributed by atoms with Crippen LogP contribution >= 0.6 is 0 Å². The van der Waals surface area contributed by atoms with Gasteiger partial charge in [-0.15, -0.1) is 0 Å². The Morgan fingerprint density at radius 2 is 1.44 bits per heavy atom. The number of sulfonamides is 1. The van der Waals surface area contributed by atoms with Gasteiger partial charge in [0.05, 0.1) is 22.7 Å². The third kappa shape index (κ3) is 4.89. The number of nitrogens with zero attached hydrogens (tertiary/aromatic N) is 2. The first kappa shape index (κ1) is 21.8. The van der Waals surface area contributed by atoms with Gasteiger partial charge >= 0.3 is 0 Å². The lowest BCUT2D eigenvalue weighted by atomic mass is 10.1. The molecule has 0 saturated heterocycles. The van der Waals surface area contributed by atoms with E-state index in [1.54, 1.807) is 54.6 Å². The van der Waals surface area contributed by atoms with Gasteiger partial charge in [0.2, 0.25) is 0 Å². The van der Waals surface area contributed by atoms with Crippen LogP contribution in [0.3, 0.4) is 0 Å². The van der Waals surface area contributed by atoms with E-state index in [1.807, 2.05) is 30.3 Å². The lowest BCUT2D eigenvalue weighted by molar-refractivity contribution is 0.0955. The maximum Gasteiger partial charge on any atom is 0.273 e. The van der Waals surface area contributed by atoms with Gasteiger partial charge in [0.1, 0.15) is 0 Å². The van der Waals surface area contributed by atoms with E-state index in [1.165, 1.54) is 4.31 Å². The fourth-order valence-electron chi connectivity index (χ4n) is 3.74. The number of hydrogen-bond donors (Lipinski definition) is 1. The van der Waals surface area contributed by atoms with Crippen LogP contribution in [-0.2, 0) is 16.6 Å². The Morgan fingerprint density at radius 3 is 2.12 bits per heavy atom. The zero-order valence-corrected chi connectivity index (χ0v) is 18.5. The number of para-hydroxylation sites is 1. The van der Waals surface area contributed by atoms with Crippen molar-refractivity contribution in [2.75, 3.05) is 4.31 Å². The molecule has 0 unspecified atom stereocenters. The summed E-state index contributed by atoms with van der Waals surface area (Å²) >= 11 is 0. The number of hydrogen-bond acceptors (Lipinski definition) is 4. The molecule has 7 heteroatoms. The van der Waals surface area contributed by atoms with Crippen LogP contribution in [0.4, 0.5) is 5.69 Å². The molecule has 32 heavy (non-hydrogen) atoms. The molecule has 0 aliphatic heterocycles. The smallest absolute Gasteiger partial charge is 0.267 e. The maximum atomic E-state index is 13.6. The highest BCUT2D eigenvalue weighted by atomic mass is 32.2. The standard InChI is InChI=1S/C25H25N3O3S/c29-25(27-26-21-13-7-8-14-21)23-17-9-10-18-24(23)28(19-20-11-3-1-4-12-20)32(30,31)22-15-5-2-6-16-22/h1-6,9-12,15-18H,7-8,13-14,19H2,(H,27,29). The van der Waals surface area contributed by atoms with Gasteiger partial charge in [-0.3, -0.25) is 9.10 Å². The summed E-state index contributed by atoms with van der Waals surface area (Å²) in [6.07, 6.45) is 3.91. The third-order valence-electron chi connectivity index (χ3n) is 5.41. The topological polar surface area (TPSA) is 78.8 Å². The van der Waals surface area contributed by atoms with Gasteiger partial charge in [-0.25, -0.2) is 13.8 Å². The lowest BCUT2D eigenvalue weighted by Gasteiger charge is -2.26. The second-order valence-corrected chi connectivity index (χ2v) is 9.52. The van der Waals surface area contributed by atoms with E-state index in [2.05, 4.69) is 10.5 Å². The number of hydrazone groups is 1. The summed E-state index contributed by atoms with van der Waals surface area (Å²) in [5.41, 5.74) is 4.96. The average Bonchev–Trinajstić information content (AvgIpc) is 3.36. The normalized spacial score (nSPS) is 13.6. The molecule has 0 aromatic heterocycles. The van der Waals surface area contributed by atoms with Crippen LogP contribution < -0.4 is 9.73 Å². The Kier molecular flexibility index (Phi) is 6.66. The molecule has 3 aromatic carbocycles. The van der Waals surface area contributed by atoms with E-state index in [9.17, 15) is 13.2 Å². The number of carbonyl (C=O) groups excluding carboxylic acids is 1. The van der Waals surface area contributed by atoms with Crippen LogP contribution in [0.2, 0.25) is 0 Å². The quantitative estimate of drug-likeness (QED) is 0.531. The molecule has 1 aliphatic rings. The maximum absolute atomic E-state index is 13.6. The molecule has 0 heterocycles. The van der Waals surface area contributed by atoms with Crippen molar-refractivity contribution in [3.63, 3.8) is 0 Å². The predicted octanol–water partition coefficient (Wildman–Crippen LogP) is 4.74. The summed E-state index contributed by atoms with van der Waals surface area (Å²) in [5, 5.41) is 4.25. The monoisotopic (exact) mass is 447 g/mol. The minimum absolute atomic E-state index is 0.0941. The van der Waals surface area contributed by atoms with Crippen LogP contribution in [-0.4, -0.2) is 20.0 Å². The fourth-order valence-corrected chi connectivity index (χ4v) is 5.23. The fraction of sp³-hybridized carbons (Fsp3) is 0.200. The predicted molar refractivity (Wildman–Crippen MR) is 126 cm³/mol. The molecule has 4 rings (SSSR count). The Bertz CT molecular complexity index is 1200. The van der Waals surface area contributed by atoms with Crippen molar-refractivity contribution in [3.8, 4) is 0 Å². The summed E-state index contributed by atoms with van der Waals surface area (Å²) in [5.74, 6) is -0.429. The van der Waals surface area contributed by atoms with E-state index in [4.69, 9.17) is 0 Å². The molecule has 0 spiro atoms. The molecule has 1 aliphatic carbocycles. The number of benzene rings is 3. The van der Waals surface area contributed by atoms with Crippen molar-refractivity contribution < 1.29 is 13.2 Å². The second-order valence-electron chi connectivity index (χ2n) is 7.65. The summed E-state index contributed by atoms with van der Waals surface area (Å²) in [6, 6.07) is 24.3. The molecule has 1 amide bonds. The molecule has 0 radical (unpaired) electrons. The van der Waals surface area contributed by atoms with Gasteiger partial charge in [0, 0.05) is 5.71 Å². The van der Waals surface area contributed by atoms with Crippen molar-refractivity contribution in [2.24, 2.45) is 5.10 Å². The number of amides is 1. The molecule has 164 valence electrons. The lowest BCUT2D eigenvalue weighted by Crippen LogP contribution is -2.33. The zero-order valence-electron chi connectivity index (χ0n) is 17.6. The van der Waals surface area contributed by atoms with Gasteiger partial charge in [-0.1, -0.05) is 60.7 Å². The molecule has 3 aromatic rings. The van der Waals surface area contributed by atoms with Gasteiger partial charge in [0.25, 0.3) is 15.9 Å². The SMILES string of the molecule is O=C(NN=C1CCCC1)c1ccccc1N(Cc1ccccc1)S(=O)(=O)c1ccccc1. The van der Waals surface area contributed by atoms with Crippen molar-refractivity contribution in [2.45, 2.75) is 37.1 Å². The van der Waals surface area contributed by atoms with Crippen molar-refractivity contribution >= 4 is 27.3 Å². The van der Waals surface area contributed by atoms with Crippen LogP contribution in [0.1, 0.15) is 41.6 Å². The zero-order chi connectivity index (χ0) is 22.4. The Balaban J connectivity index is 1.74. The summed E-state index contributed by atoms with van der Waals surface area (Å²) < 4.78 is 28.6. The van der Waals surface area contributed by atoms with Gasteiger partial charge < -0.3 is 0 Å². The van der Waals surface area contributed by atoms with Crippen molar-refractivity contribution in [1.82, 2.24) is 5.43 Å². The number of rotatable bonds is 7. The average molecular weight is 448 g/mol. The van der Waals surface area contributed by atoms with Gasteiger partial charge in [0.15, 0.2) is 0 Å². The van der Waals surface area contributed by atoms with Crippen LogP contribution in [0.15, 0.2) is 94.9 Å². The number of carbonyl (C=O) groups is 1. The summed E-state index contributed by atoms with van der Waals surface area (Å²) in [7, 11) is -3.92.